The van der Waals surface area contributed by atoms with E-state index in [9.17, 15) is 8.42 Å². The highest BCUT2D eigenvalue weighted by molar-refractivity contribution is 7.89. The Hall–Kier alpha value is -1.90. The van der Waals surface area contributed by atoms with E-state index in [0.29, 0.717) is 31.2 Å². The minimum Gasteiger partial charge on any atom is -0.376 e. The Balaban J connectivity index is 1.72. The molecule has 9 heteroatoms. The zero-order chi connectivity index (χ0) is 18.0. The van der Waals surface area contributed by atoms with Crippen LogP contribution in [0.4, 0.5) is 11.5 Å². The number of anilines is 2. The molecule has 0 unspecified atom stereocenters. The number of benzene rings is 1. The maximum atomic E-state index is 12.7. The largest absolute Gasteiger partial charge is 0.376 e. The lowest BCUT2D eigenvalue weighted by atomic mass is 10.3. The molecule has 3 rings (SSSR count). The summed E-state index contributed by atoms with van der Waals surface area (Å²) >= 11 is 5.92. The predicted molar refractivity (Wildman–Crippen MR) is 98.8 cm³/mol. The van der Waals surface area contributed by atoms with E-state index in [2.05, 4.69) is 10.2 Å². The Morgan fingerprint density at radius 3 is 2.48 bits per heavy atom. The van der Waals surface area contributed by atoms with Gasteiger partial charge in [0.1, 0.15) is 0 Å². The summed E-state index contributed by atoms with van der Waals surface area (Å²) in [5.41, 5.74) is 0.957. The van der Waals surface area contributed by atoms with Gasteiger partial charge in [-0.1, -0.05) is 17.7 Å². The Morgan fingerprint density at radius 2 is 1.84 bits per heavy atom. The minimum atomic E-state index is -3.53. The van der Waals surface area contributed by atoms with Gasteiger partial charge in [0.2, 0.25) is 10.0 Å². The first-order chi connectivity index (χ1) is 11.9. The number of hydrogen-bond donors (Lipinski definition) is 0. The van der Waals surface area contributed by atoms with Gasteiger partial charge in [-0.15, -0.1) is 5.10 Å². The van der Waals surface area contributed by atoms with Crippen LogP contribution >= 0.6 is 11.6 Å². The van der Waals surface area contributed by atoms with Crippen molar-refractivity contribution in [3.05, 3.63) is 41.6 Å². The molecule has 0 radical (unpaired) electrons. The molecule has 2 aromatic rings. The van der Waals surface area contributed by atoms with Crippen LogP contribution in [0.5, 0.6) is 0 Å². The van der Waals surface area contributed by atoms with Gasteiger partial charge in [-0.05, 0) is 18.2 Å². The lowest BCUT2D eigenvalue weighted by Crippen LogP contribution is -2.49. The first-order valence-corrected chi connectivity index (χ1v) is 9.70. The lowest BCUT2D eigenvalue weighted by molar-refractivity contribution is 0.383. The van der Waals surface area contributed by atoms with Gasteiger partial charge in [-0.25, -0.2) is 8.42 Å². The molecule has 1 saturated heterocycles. The second kappa shape index (κ2) is 7.15. The number of halogens is 1. The summed E-state index contributed by atoms with van der Waals surface area (Å²) < 4.78 is 27.0. The fourth-order valence-corrected chi connectivity index (χ4v) is 4.40. The van der Waals surface area contributed by atoms with E-state index in [1.54, 1.807) is 24.4 Å². The van der Waals surface area contributed by atoms with E-state index in [-0.39, 0.29) is 4.90 Å². The van der Waals surface area contributed by atoms with Crippen molar-refractivity contribution >= 4 is 33.1 Å². The Morgan fingerprint density at radius 1 is 1.12 bits per heavy atom. The molecule has 0 aliphatic carbocycles. The molecule has 1 aromatic carbocycles. The van der Waals surface area contributed by atoms with Gasteiger partial charge in [-0.3, -0.25) is 0 Å². The van der Waals surface area contributed by atoms with Gasteiger partial charge in [0, 0.05) is 51.4 Å². The first-order valence-electron chi connectivity index (χ1n) is 7.88. The highest BCUT2D eigenvalue weighted by atomic mass is 35.5. The van der Waals surface area contributed by atoms with Crippen molar-refractivity contribution in [3.8, 4) is 0 Å². The monoisotopic (exact) mass is 381 g/mol. The van der Waals surface area contributed by atoms with E-state index >= 15 is 0 Å². The number of nitrogens with zero attached hydrogens (tertiary/aromatic N) is 5. The van der Waals surface area contributed by atoms with Crippen LogP contribution < -0.4 is 9.80 Å². The van der Waals surface area contributed by atoms with Crippen LogP contribution in [0.2, 0.25) is 5.02 Å². The van der Waals surface area contributed by atoms with Crippen LogP contribution in [0.15, 0.2) is 41.4 Å². The molecule has 134 valence electrons. The van der Waals surface area contributed by atoms with E-state index in [1.165, 1.54) is 10.4 Å². The second-order valence-corrected chi connectivity index (χ2v) is 8.39. The first kappa shape index (κ1) is 17.9. The molecule has 0 saturated carbocycles. The van der Waals surface area contributed by atoms with E-state index in [4.69, 9.17) is 11.6 Å². The standard InChI is InChI=1S/C16H20ClN5O2S/c1-20(2)14-11-16(19-18-12-14)21-6-8-22(9-7-21)25(23,24)15-5-3-4-13(17)10-15/h3-5,10-12H,6-9H2,1-2H3. The summed E-state index contributed by atoms with van der Waals surface area (Å²) in [5.74, 6) is 0.756. The summed E-state index contributed by atoms with van der Waals surface area (Å²) in [6, 6.07) is 8.31. The van der Waals surface area contributed by atoms with Crippen molar-refractivity contribution in [2.75, 3.05) is 50.1 Å². The smallest absolute Gasteiger partial charge is 0.243 e. The third-order valence-electron chi connectivity index (χ3n) is 4.14. The fraction of sp³-hybridized carbons (Fsp3) is 0.375. The number of hydrogen-bond acceptors (Lipinski definition) is 6. The molecule has 0 atom stereocenters. The van der Waals surface area contributed by atoms with Gasteiger partial charge in [0.25, 0.3) is 0 Å². The highest BCUT2D eigenvalue weighted by Crippen LogP contribution is 2.23. The topological polar surface area (TPSA) is 69.6 Å². The van der Waals surface area contributed by atoms with Crippen LogP contribution in [0.25, 0.3) is 0 Å². The molecule has 25 heavy (non-hydrogen) atoms. The number of piperazine rings is 1. The Bertz CT molecular complexity index is 851. The molecule has 7 nitrogen and oxygen atoms in total. The third-order valence-corrected chi connectivity index (χ3v) is 6.27. The van der Waals surface area contributed by atoms with Gasteiger partial charge >= 0.3 is 0 Å². The molecule has 0 bridgehead atoms. The summed E-state index contributed by atoms with van der Waals surface area (Å²) in [6.45, 7) is 1.90. The van der Waals surface area contributed by atoms with Crippen molar-refractivity contribution < 1.29 is 8.42 Å². The highest BCUT2D eigenvalue weighted by Gasteiger charge is 2.29. The van der Waals surface area contributed by atoms with Crippen molar-refractivity contribution in [2.45, 2.75) is 4.90 Å². The SMILES string of the molecule is CN(C)c1cnnc(N2CCN(S(=O)(=O)c3cccc(Cl)c3)CC2)c1. The van der Waals surface area contributed by atoms with Crippen molar-refractivity contribution in [1.29, 1.82) is 0 Å². The molecular formula is C16H20ClN5O2S. The molecule has 1 aliphatic heterocycles. The van der Waals surface area contributed by atoms with Gasteiger partial charge in [0.05, 0.1) is 16.8 Å². The van der Waals surface area contributed by atoms with Gasteiger partial charge in [0.15, 0.2) is 5.82 Å². The summed E-state index contributed by atoms with van der Waals surface area (Å²) in [5, 5.41) is 8.61. The summed E-state index contributed by atoms with van der Waals surface area (Å²) in [6.07, 6.45) is 1.70. The van der Waals surface area contributed by atoms with E-state index in [0.717, 1.165) is 11.5 Å². The molecule has 0 spiro atoms. The van der Waals surface area contributed by atoms with Gasteiger partial charge < -0.3 is 9.80 Å². The Kier molecular flexibility index (Phi) is 5.12. The number of sulfonamides is 1. The number of rotatable bonds is 4. The van der Waals surface area contributed by atoms with E-state index in [1.807, 2.05) is 30.0 Å². The Labute approximate surface area is 152 Å². The predicted octanol–water partition coefficient (Wildman–Crippen LogP) is 1.71. The lowest BCUT2D eigenvalue weighted by Gasteiger charge is -2.34. The summed E-state index contributed by atoms with van der Waals surface area (Å²) in [4.78, 5) is 4.23. The molecule has 0 amide bonds. The van der Waals surface area contributed by atoms with Gasteiger partial charge in [-0.2, -0.15) is 9.40 Å². The zero-order valence-electron chi connectivity index (χ0n) is 14.1. The van der Waals surface area contributed by atoms with Crippen molar-refractivity contribution in [3.63, 3.8) is 0 Å². The fourth-order valence-electron chi connectivity index (χ4n) is 2.68. The van der Waals surface area contributed by atoms with Crippen LogP contribution in [0.1, 0.15) is 0 Å². The molecule has 2 heterocycles. The number of aromatic nitrogens is 2. The second-order valence-electron chi connectivity index (χ2n) is 6.01. The maximum Gasteiger partial charge on any atom is 0.243 e. The molecule has 1 fully saturated rings. The van der Waals surface area contributed by atoms with Crippen molar-refractivity contribution in [1.82, 2.24) is 14.5 Å². The maximum absolute atomic E-state index is 12.7. The van der Waals surface area contributed by atoms with E-state index < -0.39 is 10.0 Å². The van der Waals surface area contributed by atoms with Crippen LogP contribution in [0, 0.1) is 0 Å². The minimum absolute atomic E-state index is 0.225. The van der Waals surface area contributed by atoms with Crippen LogP contribution in [-0.2, 0) is 10.0 Å². The average molecular weight is 382 g/mol. The van der Waals surface area contributed by atoms with Crippen LogP contribution in [-0.4, -0.2) is 63.2 Å². The molecule has 1 aliphatic rings. The van der Waals surface area contributed by atoms with Crippen molar-refractivity contribution in [2.24, 2.45) is 0 Å². The normalized spacial score (nSPS) is 16.0. The average Bonchev–Trinajstić information content (AvgIpc) is 2.62. The molecule has 1 aromatic heterocycles. The van der Waals surface area contributed by atoms with Crippen LogP contribution in [0.3, 0.4) is 0 Å². The molecular weight excluding hydrogens is 362 g/mol. The third kappa shape index (κ3) is 3.86. The molecule has 0 N–H and O–H groups in total. The zero-order valence-corrected chi connectivity index (χ0v) is 15.7. The quantitative estimate of drug-likeness (QED) is 0.803. The summed E-state index contributed by atoms with van der Waals surface area (Å²) in [7, 11) is 0.348.